The fraction of sp³-hybridized carbons (Fsp3) is 0.636. The molecule has 3 heterocycles. The maximum atomic E-state index is 12.4. The molecule has 0 spiro atoms. The van der Waals surface area contributed by atoms with Crippen LogP contribution in [0.15, 0.2) is 23.4 Å². The summed E-state index contributed by atoms with van der Waals surface area (Å²) in [5, 5.41) is 3.31. The van der Waals surface area contributed by atoms with E-state index in [0.29, 0.717) is 29.8 Å². The van der Waals surface area contributed by atoms with E-state index in [1.54, 1.807) is 27.3 Å². The summed E-state index contributed by atoms with van der Waals surface area (Å²) in [6.07, 6.45) is 3.44. The van der Waals surface area contributed by atoms with Gasteiger partial charge < -0.3 is 9.88 Å². The Morgan fingerprint density at radius 1 is 1.29 bits per heavy atom. The van der Waals surface area contributed by atoms with Gasteiger partial charge in [-0.25, -0.2) is 8.42 Å². The Hall–Kier alpha value is -0.850. The van der Waals surface area contributed by atoms with Crippen LogP contribution in [0.1, 0.15) is 0 Å². The van der Waals surface area contributed by atoms with Crippen molar-refractivity contribution in [3.05, 3.63) is 18.5 Å². The molecule has 6 heteroatoms. The molecule has 17 heavy (non-hydrogen) atoms. The summed E-state index contributed by atoms with van der Waals surface area (Å²) in [6.45, 7) is 3.22. The number of aromatic nitrogens is 1. The maximum absolute atomic E-state index is 12.4. The number of rotatable bonds is 2. The Balaban J connectivity index is 1.85. The van der Waals surface area contributed by atoms with Crippen LogP contribution in [-0.4, -0.2) is 43.5 Å². The molecule has 94 valence electrons. The molecule has 0 aliphatic carbocycles. The van der Waals surface area contributed by atoms with Crippen molar-refractivity contribution in [2.24, 2.45) is 18.9 Å². The Kier molecular flexibility index (Phi) is 2.53. The van der Waals surface area contributed by atoms with E-state index >= 15 is 0 Å². The lowest BCUT2D eigenvalue weighted by atomic mass is 10.0. The fourth-order valence-corrected chi connectivity index (χ4v) is 4.39. The van der Waals surface area contributed by atoms with Crippen molar-refractivity contribution in [3.63, 3.8) is 0 Å². The first-order chi connectivity index (χ1) is 8.07. The minimum absolute atomic E-state index is 0.410. The van der Waals surface area contributed by atoms with Gasteiger partial charge in [-0.15, -0.1) is 0 Å². The lowest BCUT2D eigenvalue weighted by molar-refractivity contribution is 0.448. The first-order valence-electron chi connectivity index (χ1n) is 5.90. The molecule has 0 radical (unpaired) electrons. The highest BCUT2D eigenvalue weighted by molar-refractivity contribution is 7.89. The zero-order chi connectivity index (χ0) is 12.0. The highest BCUT2D eigenvalue weighted by Gasteiger charge is 2.41. The molecule has 0 bridgehead atoms. The molecule has 2 fully saturated rings. The van der Waals surface area contributed by atoms with Crippen LogP contribution in [-0.2, 0) is 17.1 Å². The van der Waals surface area contributed by atoms with Gasteiger partial charge in [0.2, 0.25) is 10.0 Å². The average molecular weight is 255 g/mol. The number of hydrogen-bond donors (Lipinski definition) is 1. The molecule has 2 aliphatic heterocycles. The van der Waals surface area contributed by atoms with Gasteiger partial charge in [0.25, 0.3) is 0 Å². The number of nitrogens with zero attached hydrogens (tertiary/aromatic N) is 2. The van der Waals surface area contributed by atoms with Crippen molar-refractivity contribution in [3.8, 4) is 0 Å². The summed E-state index contributed by atoms with van der Waals surface area (Å²) in [7, 11) is -1.44. The SMILES string of the molecule is Cn1ccc(S(=O)(=O)N2CC3CNCC3C2)c1. The smallest absolute Gasteiger partial charge is 0.244 e. The van der Waals surface area contributed by atoms with Gasteiger partial charge in [0.15, 0.2) is 0 Å². The fourth-order valence-electron chi connectivity index (χ4n) is 2.79. The lowest BCUT2D eigenvalue weighted by Gasteiger charge is -2.16. The van der Waals surface area contributed by atoms with Gasteiger partial charge in [0.1, 0.15) is 0 Å². The normalized spacial score (nSPS) is 29.7. The first-order valence-corrected chi connectivity index (χ1v) is 7.34. The maximum Gasteiger partial charge on any atom is 0.244 e. The molecular weight excluding hydrogens is 238 g/mol. The Morgan fingerprint density at radius 2 is 1.94 bits per heavy atom. The zero-order valence-electron chi connectivity index (χ0n) is 9.83. The third kappa shape index (κ3) is 1.80. The van der Waals surface area contributed by atoms with E-state index in [0.717, 1.165) is 13.1 Å². The van der Waals surface area contributed by atoms with Gasteiger partial charge in [0.05, 0.1) is 4.90 Å². The largest absolute Gasteiger partial charge is 0.356 e. The summed E-state index contributed by atoms with van der Waals surface area (Å²) >= 11 is 0. The van der Waals surface area contributed by atoms with Crippen molar-refractivity contribution in [2.75, 3.05) is 26.2 Å². The second-order valence-corrected chi connectivity index (χ2v) is 6.95. The minimum Gasteiger partial charge on any atom is -0.356 e. The van der Waals surface area contributed by atoms with Gasteiger partial charge in [-0.1, -0.05) is 0 Å². The van der Waals surface area contributed by atoms with E-state index in [1.165, 1.54) is 0 Å². The van der Waals surface area contributed by atoms with Crippen molar-refractivity contribution in [2.45, 2.75) is 4.90 Å². The lowest BCUT2D eigenvalue weighted by Crippen LogP contribution is -2.31. The molecule has 1 aromatic heterocycles. The van der Waals surface area contributed by atoms with Crippen molar-refractivity contribution in [1.82, 2.24) is 14.2 Å². The van der Waals surface area contributed by atoms with E-state index in [1.807, 2.05) is 7.05 Å². The second kappa shape index (κ2) is 3.83. The van der Waals surface area contributed by atoms with Crippen LogP contribution in [0.5, 0.6) is 0 Å². The standard InChI is InChI=1S/C11H17N3O2S/c1-13-3-2-11(8-13)17(15,16)14-6-9-4-12-5-10(9)7-14/h2-3,8-10,12H,4-7H2,1H3. The predicted octanol–water partition coefficient (Wildman–Crippen LogP) is -0.135. The van der Waals surface area contributed by atoms with E-state index in [9.17, 15) is 8.42 Å². The minimum atomic E-state index is -3.28. The first kappa shape index (κ1) is 11.3. The van der Waals surface area contributed by atoms with Crippen LogP contribution in [0, 0.1) is 11.8 Å². The summed E-state index contributed by atoms with van der Waals surface area (Å²) in [5.41, 5.74) is 0. The van der Waals surface area contributed by atoms with Crippen LogP contribution in [0.2, 0.25) is 0 Å². The van der Waals surface area contributed by atoms with Gasteiger partial charge in [0, 0.05) is 32.5 Å². The van der Waals surface area contributed by atoms with Gasteiger partial charge in [-0.3, -0.25) is 0 Å². The molecule has 5 nitrogen and oxygen atoms in total. The topological polar surface area (TPSA) is 54.3 Å². The van der Waals surface area contributed by atoms with Crippen LogP contribution < -0.4 is 5.32 Å². The van der Waals surface area contributed by atoms with Crippen LogP contribution in [0.4, 0.5) is 0 Å². The van der Waals surface area contributed by atoms with E-state index in [2.05, 4.69) is 5.32 Å². The Morgan fingerprint density at radius 3 is 2.47 bits per heavy atom. The number of sulfonamides is 1. The van der Waals surface area contributed by atoms with E-state index in [-0.39, 0.29) is 0 Å². The molecular formula is C11H17N3O2S. The molecule has 2 aliphatic rings. The summed E-state index contributed by atoms with van der Waals surface area (Å²) < 4.78 is 28.1. The summed E-state index contributed by atoms with van der Waals surface area (Å²) in [4.78, 5) is 0.410. The van der Waals surface area contributed by atoms with Crippen molar-refractivity contribution < 1.29 is 8.42 Å². The molecule has 1 N–H and O–H groups in total. The van der Waals surface area contributed by atoms with Crippen LogP contribution in [0.25, 0.3) is 0 Å². The third-order valence-electron chi connectivity index (χ3n) is 3.80. The summed E-state index contributed by atoms with van der Waals surface area (Å²) in [5.74, 6) is 0.988. The molecule has 0 saturated carbocycles. The quantitative estimate of drug-likeness (QED) is 0.800. The molecule has 2 saturated heterocycles. The predicted molar refractivity (Wildman–Crippen MR) is 64.0 cm³/mol. The second-order valence-electron chi connectivity index (χ2n) is 5.01. The van der Waals surface area contributed by atoms with E-state index in [4.69, 9.17) is 0 Å². The van der Waals surface area contributed by atoms with Crippen molar-refractivity contribution >= 4 is 10.0 Å². The number of nitrogens with one attached hydrogen (secondary N) is 1. The van der Waals surface area contributed by atoms with Gasteiger partial charge in [-0.05, 0) is 31.0 Å². The van der Waals surface area contributed by atoms with Gasteiger partial charge >= 0.3 is 0 Å². The molecule has 3 rings (SSSR count). The molecule has 2 atom stereocenters. The zero-order valence-corrected chi connectivity index (χ0v) is 10.7. The van der Waals surface area contributed by atoms with E-state index < -0.39 is 10.0 Å². The third-order valence-corrected chi connectivity index (χ3v) is 5.61. The number of fused-ring (bicyclic) bond motifs is 1. The molecule has 0 amide bonds. The Labute approximate surface area is 101 Å². The summed E-state index contributed by atoms with van der Waals surface area (Å²) in [6, 6.07) is 1.67. The van der Waals surface area contributed by atoms with Crippen molar-refractivity contribution in [1.29, 1.82) is 0 Å². The highest BCUT2D eigenvalue weighted by atomic mass is 32.2. The van der Waals surface area contributed by atoms with Crippen LogP contribution >= 0.6 is 0 Å². The average Bonchev–Trinajstić information content (AvgIpc) is 2.89. The number of hydrogen-bond acceptors (Lipinski definition) is 3. The Bertz CT molecular complexity index is 511. The van der Waals surface area contributed by atoms with Gasteiger partial charge in [-0.2, -0.15) is 4.31 Å². The molecule has 2 unspecified atom stereocenters. The highest BCUT2D eigenvalue weighted by Crippen LogP contribution is 2.30. The molecule has 0 aromatic carbocycles. The van der Waals surface area contributed by atoms with Crippen LogP contribution in [0.3, 0.4) is 0 Å². The monoisotopic (exact) mass is 255 g/mol. The number of aryl methyl sites for hydroxylation is 1. The molecule has 1 aromatic rings.